The van der Waals surface area contributed by atoms with Crippen molar-refractivity contribution in [1.82, 2.24) is 39.7 Å². The Bertz CT molecular complexity index is 1140. The molecule has 9 nitrogen and oxygen atoms in total. The lowest BCUT2D eigenvalue weighted by Gasteiger charge is -2.04. The first kappa shape index (κ1) is 16.8. The minimum Gasteiger partial charge on any atom is -0.345 e. The largest absolute Gasteiger partial charge is 0.345 e. The number of hydrogen-bond donors (Lipinski definition) is 1. The van der Waals surface area contributed by atoms with Gasteiger partial charge in [0.05, 0.1) is 6.20 Å². The second kappa shape index (κ2) is 6.60. The van der Waals surface area contributed by atoms with Crippen molar-refractivity contribution in [1.29, 1.82) is 0 Å². The summed E-state index contributed by atoms with van der Waals surface area (Å²) in [4.78, 5) is 25.2. The summed E-state index contributed by atoms with van der Waals surface area (Å²) in [6, 6.07) is 3.86. The Hall–Kier alpha value is -3.62. The molecule has 0 bridgehead atoms. The molecule has 0 aliphatic rings. The second-order valence-corrected chi connectivity index (χ2v) is 6.35. The second-order valence-electron chi connectivity index (χ2n) is 6.35. The van der Waals surface area contributed by atoms with Crippen molar-refractivity contribution in [3.05, 3.63) is 59.7 Å². The number of pyridine rings is 1. The van der Waals surface area contributed by atoms with E-state index >= 15 is 0 Å². The van der Waals surface area contributed by atoms with Crippen molar-refractivity contribution >= 4 is 11.7 Å². The van der Waals surface area contributed by atoms with Gasteiger partial charge in [-0.05, 0) is 31.5 Å². The van der Waals surface area contributed by atoms with Crippen LogP contribution in [0.25, 0.3) is 16.9 Å². The maximum Gasteiger partial charge on any atom is 0.291 e. The molecule has 0 radical (unpaired) electrons. The third-order valence-electron chi connectivity index (χ3n) is 4.11. The maximum absolute atomic E-state index is 12.4. The molecule has 0 unspecified atom stereocenters. The molecule has 9 heteroatoms. The third kappa shape index (κ3) is 3.39. The molecule has 0 atom stereocenters. The van der Waals surface area contributed by atoms with E-state index in [2.05, 4.69) is 30.5 Å². The lowest BCUT2D eigenvalue weighted by Crippen LogP contribution is -2.24. The standard InChI is InChI=1S/C18H18N8O/c1-11-4-12(2)26-18(22-11)23-16(24-26)17(27)20-7-13-5-14(8-19-6-13)15-9-21-25(3)10-15/h4-6,8-10H,7H2,1-3H3,(H,20,27). The molecule has 0 aliphatic heterocycles. The Labute approximate surface area is 155 Å². The number of nitrogens with zero attached hydrogens (tertiary/aromatic N) is 7. The number of rotatable bonds is 4. The van der Waals surface area contributed by atoms with Crippen LogP contribution < -0.4 is 5.32 Å². The van der Waals surface area contributed by atoms with Gasteiger partial charge >= 0.3 is 0 Å². The predicted octanol–water partition coefficient (Wildman–Crippen LogP) is 1.47. The van der Waals surface area contributed by atoms with Crippen LogP contribution in [-0.4, -0.2) is 40.3 Å². The van der Waals surface area contributed by atoms with Gasteiger partial charge in [-0.25, -0.2) is 9.50 Å². The number of carbonyl (C=O) groups is 1. The van der Waals surface area contributed by atoms with Gasteiger partial charge in [-0.15, -0.1) is 5.10 Å². The Morgan fingerprint density at radius 3 is 2.74 bits per heavy atom. The van der Waals surface area contributed by atoms with Crippen molar-refractivity contribution in [2.45, 2.75) is 20.4 Å². The summed E-state index contributed by atoms with van der Waals surface area (Å²) >= 11 is 0. The molecular weight excluding hydrogens is 344 g/mol. The van der Waals surface area contributed by atoms with E-state index in [1.807, 2.05) is 39.2 Å². The van der Waals surface area contributed by atoms with Gasteiger partial charge in [0.15, 0.2) is 0 Å². The van der Waals surface area contributed by atoms with Crippen LogP contribution in [0.4, 0.5) is 0 Å². The number of fused-ring (bicyclic) bond motifs is 1. The van der Waals surface area contributed by atoms with Crippen molar-refractivity contribution in [3.63, 3.8) is 0 Å². The van der Waals surface area contributed by atoms with E-state index in [9.17, 15) is 4.79 Å². The molecule has 1 amide bonds. The van der Waals surface area contributed by atoms with Gasteiger partial charge < -0.3 is 5.32 Å². The van der Waals surface area contributed by atoms with Crippen LogP contribution >= 0.6 is 0 Å². The fourth-order valence-corrected chi connectivity index (χ4v) is 2.84. The molecule has 0 saturated carbocycles. The Balaban J connectivity index is 1.50. The zero-order valence-corrected chi connectivity index (χ0v) is 15.2. The van der Waals surface area contributed by atoms with E-state index in [1.165, 1.54) is 0 Å². The molecule has 4 rings (SSSR count). The average molecular weight is 362 g/mol. The van der Waals surface area contributed by atoms with E-state index in [-0.39, 0.29) is 11.7 Å². The Morgan fingerprint density at radius 1 is 1.11 bits per heavy atom. The monoisotopic (exact) mass is 362 g/mol. The van der Waals surface area contributed by atoms with Crippen LogP contribution in [0.5, 0.6) is 0 Å². The van der Waals surface area contributed by atoms with Crippen molar-refractivity contribution in [2.75, 3.05) is 0 Å². The van der Waals surface area contributed by atoms with Crippen LogP contribution in [-0.2, 0) is 13.6 Å². The summed E-state index contributed by atoms with van der Waals surface area (Å²) in [6.45, 7) is 4.10. The zero-order chi connectivity index (χ0) is 19.0. The van der Waals surface area contributed by atoms with Gasteiger partial charge in [0.25, 0.3) is 11.7 Å². The molecule has 0 spiro atoms. The van der Waals surface area contributed by atoms with Crippen molar-refractivity contribution in [2.24, 2.45) is 7.05 Å². The summed E-state index contributed by atoms with van der Waals surface area (Å²) in [5.74, 6) is 0.148. The average Bonchev–Trinajstić information content (AvgIpc) is 3.26. The molecule has 1 N–H and O–H groups in total. The Morgan fingerprint density at radius 2 is 1.96 bits per heavy atom. The molecular formula is C18H18N8O. The molecule has 0 aliphatic carbocycles. The normalized spacial score (nSPS) is 11.1. The van der Waals surface area contributed by atoms with Crippen molar-refractivity contribution < 1.29 is 4.79 Å². The number of aromatic nitrogens is 7. The summed E-state index contributed by atoms with van der Waals surface area (Å²) in [6.07, 6.45) is 7.17. The first-order valence-electron chi connectivity index (χ1n) is 8.42. The minimum absolute atomic E-state index is 0.0903. The number of amides is 1. The lowest BCUT2D eigenvalue weighted by molar-refractivity contribution is 0.0940. The smallest absolute Gasteiger partial charge is 0.291 e. The third-order valence-corrected chi connectivity index (χ3v) is 4.11. The fraction of sp³-hybridized carbons (Fsp3) is 0.222. The highest BCUT2D eigenvalue weighted by Crippen LogP contribution is 2.18. The SMILES string of the molecule is Cc1cc(C)n2nc(C(=O)NCc3cncc(-c4cnn(C)c4)c3)nc2n1. The first-order valence-corrected chi connectivity index (χ1v) is 8.42. The topological polar surface area (TPSA) is 103 Å². The number of hydrogen-bond acceptors (Lipinski definition) is 6. The highest BCUT2D eigenvalue weighted by atomic mass is 16.2. The molecule has 27 heavy (non-hydrogen) atoms. The summed E-state index contributed by atoms with van der Waals surface area (Å²) in [5.41, 5.74) is 4.49. The summed E-state index contributed by atoms with van der Waals surface area (Å²) < 4.78 is 3.29. The van der Waals surface area contributed by atoms with E-state index in [0.29, 0.717) is 12.3 Å². The van der Waals surface area contributed by atoms with Gasteiger partial charge in [0.2, 0.25) is 5.82 Å². The molecule has 136 valence electrons. The quantitative estimate of drug-likeness (QED) is 0.590. The molecule has 0 saturated heterocycles. The summed E-state index contributed by atoms with van der Waals surface area (Å²) in [7, 11) is 1.86. The molecule has 4 aromatic heterocycles. The van der Waals surface area contributed by atoms with E-state index in [4.69, 9.17) is 0 Å². The number of nitrogens with one attached hydrogen (secondary N) is 1. The van der Waals surface area contributed by atoms with Gasteiger partial charge in [0.1, 0.15) is 0 Å². The maximum atomic E-state index is 12.4. The van der Waals surface area contributed by atoms with Gasteiger partial charge in [-0.1, -0.05) is 0 Å². The number of carbonyl (C=O) groups excluding carboxylic acids is 1. The molecule has 0 fully saturated rings. The highest BCUT2D eigenvalue weighted by molar-refractivity contribution is 5.90. The summed E-state index contributed by atoms with van der Waals surface area (Å²) in [5, 5.41) is 11.2. The van der Waals surface area contributed by atoms with E-state index in [1.54, 1.807) is 27.8 Å². The van der Waals surface area contributed by atoms with Crippen LogP contribution in [0.2, 0.25) is 0 Å². The molecule has 4 aromatic rings. The highest BCUT2D eigenvalue weighted by Gasteiger charge is 2.15. The van der Waals surface area contributed by atoms with Crippen LogP contribution in [0.1, 0.15) is 27.6 Å². The van der Waals surface area contributed by atoms with Crippen LogP contribution in [0.3, 0.4) is 0 Å². The first-order chi connectivity index (χ1) is 13.0. The Kier molecular flexibility index (Phi) is 4.11. The van der Waals surface area contributed by atoms with Crippen LogP contribution in [0, 0.1) is 13.8 Å². The predicted molar refractivity (Wildman–Crippen MR) is 97.9 cm³/mol. The van der Waals surface area contributed by atoms with Gasteiger partial charge in [-0.2, -0.15) is 10.1 Å². The molecule has 0 aromatic carbocycles. The number of aryl methyl sites for hydroxylation is 3. The lowest BCUT2D eigenvalue weighted by atomic mass is 10.1. The zero-order valence-electron chi connectivity index (χ0n) is 15.2. The van der Waals surface area contributed by atoms with Crippen molar-refractivity contribution in [3.8, 4) is 11.1 Å². The minimum atomic E-state index is -0.357. The van der Waals surface area contributed by atoms with E-state index in [0.717, 1.165) is 28.1 Å². The van der Waals surface area contributed by atoms with Gasteiger partial charge in [0, 0.05) is 54.7 Å². The van der Waals surface area contributed by atoms with Gasteiger partial charge in [-0.3, -0.25) is 14.5 Å². The van der Waals surface area contributed by atoms with E-state index < -0.39 is 0 Å². The van der Waals surface area contributed by atoms with Crippen LogP contribution in [0.15, 0.2) is 36.9 Å². The molecule has 4 heterocycles. The fourth-order valence-electron chi connectivity index (χ4n) is 2.84.